The molecule has 0 bridgehead atoms. The zero-order valence-corrected chi connectivity index (χ0v) is 23.7. The van der Waals surface area contributed by atoms with E-state index in [9.17, 15) is 4.79 Å². The first-order valence-electron chi connectivity index (χ1n) is 14.4. The van der Waals surface area contributed by atoms with Crippen LogP contribution in [0.1, 0.15) is 71.3 Å². The number of hydrogen-bond donors (Lipinski definition) is 2. The van der Waals surface area contributed by atoms with Gasteiger partial charge in [0.2, 0.25) is 0 Å². The second-order valence-corrected chi connectivity index (χ2v) is 11.9. The molecular formula is C33H46N2O3. The lowest BCUT2D eigenvalue weighted by Crippen LogP contribution is -2.41. The van der Waals surface area contributed by atoms with Crippen LogP contribution < -0.4 is 10.6 Å². The highest BCUT2D eigenvalue weighted by molar-refractivity contribution is 5.92. The molecule has 2 saturated carbocycles. The molecule has 3 aliphatic rings. The van der Waals surface area contributed by atoms with Crippen molar-refractivity contribution in [2.24, 2.45) is 5.92 Å². The van der Waals surface area contributed by atoms with E-state index in [1.165, 1.54) is 48.8 Å². The lowest BCUT2D eigenvalue weighted by molar-refractivity contribution is -0.149. The minimum absolute atomic E-state index is 0.249. The average Bonchev–Trinajstić information content (AvgIpc) is 3.69. The van der Waals surface area contributed by atoms with Gasteiger partial charge in [-0.05, 0) is 88.8 Å². The summed E-state index contributed by atoms with van der Waals surface area (Å²) in [5, 5.41) is 7.73. The van der Waals surface area contributed by atoms with Crippen LogP contribution in [0.4, 0.5) is 0 Å². The molecule has 0 aliphatic heterocycles. The molecular weight excluding hydrogens is 472 g/mol. The van der Waals surface area contributed by atoms with Gasteiger partial charge in [-0.1, -0.05) is 60.2 Å². The monoisotopic (exact) mass is 518 g/mol. The summed E-state index contributed by atoms with van der Waals surface area (Å²) in [4.78, 5) is 12.4. The minimum Gasteiger partial charge on any atom is -0.456 e. The van der Waals surface area contributed by atoms with Gasteiger partial charge < -0.3 is 20.1 Å². The number of carbonyl (C=O) groups is 1. The van der Waals surface area contributed by atoms with Crippen LogP contribution in [0.2, 0.25) is 0 Å². The third-order valence-corrected chi connectivity index (χ3v) is 7.61. The first-order valence-corrected chi connectivity index (χ1v) is 14.4. The first-order chi connectivity index (χ1) is 18.3. The zero-order valence-electron chi connectivity index (χ0n) is 23.7. The Balaban J connectivity index is 1.18. The Labute approximate surface area is 229 Å². The summed E-state index contributed by atoms with van der Waals surface area (Å²) in [7, 11) is 1.79. The predicted octanol–water partition coefficient (Wildman–Crippen LogP) is 6.14. The molecule has 5 heteroatoms. The average molecular weight is 519 g/mol. The van der Waals surface area contributed by atoms with Crippen molar-refractivity contribution in [2.75, 3.05) is 20.3 Å². The molecule has 1 aromatic rings. The first kappa shape index (κ1) is 28.5. The minimum atomic E-state index is -0.477. The number of methoxy groups -OCH3 is 1. The SMILES string of the molecule is COCC/C(=C\c1ccccc1)[C@@H]1CC1NC1CCC(NCC2=CCC=C(C(=O)OC(C)(C)C)C=C2)CC1. The largest absolute Gasteiger partial charge is 0.456 e. The molecule has 3 aliphatic carbocycles. The van der Waals surface area contributed by atoms with Crippen molar-refractivity contribution >= 4 is 12.0 Å². The molecule has 1 aromatic carbocycles. The van der Waals surface area contributed by atoms with Gasteiger partial charge in [0.15, 0.2) is 0 Å². The lowest BCUT2D eigenvalue weighted by Gasteiger charge is -2.30. The van der Waals surface area contributed by atoms with E-state index in [0.717, 1.165) is 26.0 Å². The maximum absolute atomic E-state index is 12.4. The maximum atomic E-state index is 12.4. The number of allylic oxidation sites excluding steroid dienone is 2. The van der Waals surface area contributed by atoms with E-state index in [1.54, 1.807) is 7.11 Å². The summed E-state index contributed by atoms with van der Waals surface area (Å²) in [6, 6.07) is 12.4. The predicted molar refractivity (Wildman–Crippen MR) is 156 cm³/mol. The van der Waals surface area contributed by atoms with Gasteiger partial charge in [0.25, 0.3) is 0 Å². The van der Waals surface area contributed by atoms with Crippen molar-refractivity contribution in [3.8, 4) is 0 Å². The Morgan fingerprint density at radius 1 is 1.03 bits per heavy atom. The van der Waals surface area contributed by atoms with Crippen LogP contribution in [0, 0.1) is 5.92 Å². The Kier molecular flexibility index (Phi) is 10.2. The number of benzene rings is 1. The van der Waals surface area contributed by atoms with Gasteiger partial charge in [0.05, 0.1) is 5.57 Å². The van der Waals surface area contributed by atoms with Gasteiger partial charge >= 0.3 is 5.97 Å². The summed E-state index contributed by atoms with van der Waals surface area (Å²) < 4.78 is 10.9. The highest BCUT2D eigenvalue weighted by Crippen LogP contribution is 2.41. The number of rotatable bonds is 11. The van der Waals surface area contributed by atoms with E-state index in [0.29, 0.717) is 29.6 Å². The van der Waals surface area contributed by atoms with E-state index in [-0.39, 0.29) is 5.97 Å². The second-order valence-electron chi connectivity index (χ2n) is 11.9. The fraction of sp³-hybridized carbons (Fsp3) is 0.545. The number of ether oxygens (including phenoxy) is 2. The number of hydrogen-bond acceptors (Lipinski definition) is 5. The van der Waals surface area contributed by atoms with Gasteiger partial charge in [0.1, 0.15) is 5.60 Å². The Morgan fingerprint density at radius 3 is 2.47 bits per heavy atom. The third kappa shape index (κ3) is 9.07. The summed E-state index contributed by atoms with van der Waals surface area (Å²) in [6.07, 6.45) is 18.3. The van der Waals surface area contributed by atoms with Crippen LogP contribution in [0.25, 0.3) is 6.08 Å². The molecule has 0 saturated heterocycles. The van der Waals surface area contributed by atoms with E-state index in [1.807, 2.05) is 32.9 Å². The highest BCUT2D eigenvalue weighted by atomic mass is 16.6. The smallest absolute Gasteiger partial charge is 0.338 e. The fourth-order valence-electron chi connectivity index (χ4n) is 5.46. The van der Waals surface area contributed by atoms with Crippen LogP contribution >= 0.6 is 0 Å². The molecule has 4 rings (SSSR count). The van der Waals surface area contributed by atoms with Crippen LogP contribution in [0.15, 0.2) is 71.4 Å². The number of esters is 1. The van der Waals surface area contributed by atoms with E-state index in [2.05, 4.69) is 59.2 Å². The van der Waals surface area contributed by atoms with Gasteiger partial charge in [-0.3, -0.25) is 0 Å². The van der Waals surface area contributed by atoms with Crippen LogP contribution in [-0.2, 0) is 14.3 Å². The Morgan fingerprint density at radius 2 is 1.76 bits per heavy atom. The van der Waals surface area contributed by atoms with Crippen molar-refractivity contribution in [1.82, 2.24) is 10.6 Å². The van der Waals surface area contributed by atoms with Crippen molar-refractivity contribution in [2.45, 2.75) is 89.4 Å². The summed E-state index contributed by atoms with van der Waals surface area (Å²) in [6.45, 7) is 7.32. The summed E-state index contributed by atoms with van der Waals surface area (Å²) >= 11 is 0. The molecule has 0 radical (unpaired) electrons. The van der Waals surface area contributed by atoms with Gasteiger partial charge in [0, 0.05) is 38.4 Å². The third-order valence-electron chi connectivity index (χ3n) is 7.61. The maximum Gasteiger partial charge on any atom is 0.338 e. The van der Waals surface area contributed by atoms with Crippen molar-refractivity contribution in [1.29, 1.82) is 0 Å². The summed E-state index contributed by atoms with van der Waals surface area (Å²) in [5.41, 5.74) is 4.19. The molecule has 5 nitrogen and oxygen atoms in total. The fourth-order valence-corrected chi connectivity index (χ4v) is 5.46. The highest BCUT2D eigenvalue weighted by Gasteiger charge is 2.41. The zero-order chi connectivity index (χ0) is 27.0. The molecule has 0 spiro atoms. The standard InChI is InChI=1S/C33H46N2O3/c1-33(2,3)38-32(36)26-12-8-11-25(13-14-26)23-34-28-15-17-29(18-16-28)35-31-22-30(31)27(19-20-37-4)21-24-9-6-5-7-10-24/h5-7,9-14,21,28-31,34-35H,8,15-20,22-23H2,1-4H3/b27-21+/t28?,29?,30-,31?/m0/s1. The number of nitrogens with one attached hydrogen (secondary N) is 2. The van der Waals surface area contributed by atoms with Crippen LogP contribution in [-0.4, -0.2) is 50.0 Å². The van der Waals surface area contributed by atoms with Crippen molar-refractivity contribution in [3.63, 3.8) is 0 Å². The molecule has 38 heavy (non-hydrogen) atoms. The van der Waals surface area contributed by atoms with Crippen LogP contribution in [0.5, 0.6) is 0 Å². The molecule has 0 aromatic heterocycles. The summed E-state index contributed by atoms with van der Waals surface area (Å²) in [5.74, 6) is 0.385. The molecule has 206 valence electrons. The molecule has 1 unspecified atom stereocenters. The van der Waals surface area contributed by atoms with E-state index >= 15 is 0 Å². The molecule has 0 heterocycles. The van der Waals surface area contributed by atoms with Crippen LogP contribution in [0.3, 0.4) is 0 Å². The second kappa shape index (κ2) is 13.5. The lowest BCUT2D eigenvalue weighted by atomic mass is 9.90. The van der Waals surface area contributed by atoms with E-state index in [4.69, 9.17) is 9.47 Å². The normalized spacial score (nSPS) is 25.8. The molecule has 2 fully saturated rings. The molecule has 0 amide bonds. The van der Waals surface area contributed by atoms with E-state index < -0.39 is 5.60 Å². The topological polar surface area (TPSA) is 59.6 Å². The van der Waals surface area contributed by atoms with Crippen molar-refractivity contribution < 1.29 is 14.3 Å². The van der Waals surface area contributed by atoms with Gasteiger partial charge in [-0.15, -0.1) is 0 Å². The number of carbonyl (C=O) groups excluding carboxylic acids is 1. The van der Waals surface area contributed by atoms with Gasteiger partial charge in [-0.25, -0.2) is 4.79 Å². The Bertz CT molecular complexity index is 1040. The van der Waals surface area contributed by atoms with Crippen molar-refractivity contribution in [3.05, 3.63) is 76.9 Å². The Hall–Kier alpha value is -2.47. The quantitative estimate of drug-likeness (QED) is 0.345. The molecule has 2 N–H and O–H groups in total. The van der Waals surface area contributed by atoms with Gasteiger partial charge in [-0.2, -0.15) is 0 Å². The molecule has 2 atom stereocenters.